The Balaban J connectivity index is 1.87. The van der Waals surface area contributed by atoms with E-state index >= 15 is 0 Å². The van der Waals surface area contributed by atoms with Crippen LogP contribution in [0, 0.1) is 0 Å². The zero-order valence-corrected chi connectivity index (χ0v) is 21.1. The van der Waals surface area contributed by atoms with E-state index in [4.69, 9.17) is 10.2 Å². The van der Waals surface area contributed by atoms with Gasteiger partial charge in [0.15, 0.2) is 8.32 Å². The van der Waals surface area contributed by atoms with Crippen LogP contribution in [0.2, 0.25) is 18.1 Å². The van der Waals surface area contributed by atoms with E-state index in [1.54, 1.807) is 0 Å². The van der Waals surface area contributed by atoms with Gasteiger partial charge in [-0.2, -0.15) is 0 Å². The maximum atomic E-state index is 12.5. The second-order valence-corrected chi connectivity index (χ2v) is 14.7. The maximum absolute atomic E-state index is 12.5. The van der Waals surface area contributed by atoms with Crippen LogP contribution in [-0.4, -0.2) is 56.7 Å². The van der Waals surface area contributed by atoms with E-state index in [-0.39, 0.29) is 30.4 Å². The number of primary amides is 1. The van der Waals surface area contributed by atoms with Gasteiger partial charge in [-0.05, 0) is 30.1 Å². The monoisotopic (exact) mass is 476 g/mol. The Kier molecular flexibility index (Phi) is 8.79. The molecule has 1 aliphatic heterocycles. The van der Waals surface area contributed by atoms with Crippen molar-refractivity contribution in [3.8, 4) is 0 Å². The van der Waals surface area contributed by atoms with E-state index in [2.05, 4.69) is 49.8 Å². The summed E-state index contributed by atoms with van der Waals surface area (Å²) >= 11 is 0. The second-order valence-electron chi connectivity index (χ2n) is 9.94. The topological polar surface area (TPSA) is 140 Å². The number of hydrogen-bond acceptors (Lipinski definition) is 5. The fraction of sp³-hybridized carbons (Fsp3) is 0.565. The molecule has 10 heteroatoms. The molecule has 33 heavy (non-hydrogen) atoms. The predicted molar refractivity (Wildman–Crippen MR) is 128 cm³/mol. The smallest absolute Gasteiger partial charge is 0.243 e. The molecule has 1 heterocycles. The third kappa shape index (κ3) is 7.67. The summed E-state index contributed by atoms with van der Waals surface area (Å²) in [6.45, 7) is 10.8. The van der Waals surface area contributed by atoms with Crippen LogP contribution < -0.4 is 21.7 Å². The minimum absolute atomic E-state index is 0.0173. The van der Waals surface area contributed by atoms with Crippen molar-refractivity contribution in [1.29, 1.82) is 0 Å². The molecule has 1 fully saturated rings. The number of amides is 4. The molecule has 0 saturated carbocycles. The first-order valence-corrected chi connectivity index (χ1v) is 14.1. The van der Waals surface area contributed by atoms with Crippen molar-refractivity contribution in [2.24, 2.45) is 5.73 Å². The Morgan fingerprint density at radius 2 is 1.67 bits per heavy atom. The number of nitrogens with one attached hydrogen (secondary N) is 3. The van der Waals surface area contributed by atoms with Gasteiger partial charge >= 0.3 is 0 Å². The third-order valence-corrected chi connectivity index (χ3v) is 10.8. The quantitative estimate of drug-likeness (QED) is 0.373. The van der Waals surface area contributed by atoms with Crippen LogP contribution >= 0.6 is 0 Å². The fourth-order valence-corrected chi connectivity index (χ4v) is 4.25. The largest absolute Gasteiger partial charge is 0.417 e. The van der Waals surface area contributed by atoms with E-state index in [1.165, 1.54) is 0 Å². The Bertz CT molecular complexity index is 869. The highest BCUT2D eigenvalue weighted by Crippen LogP contribution is 2.36. The minimum atomic E-state index is -2.00. The molecule has 0 spiro atoms. The summed E-state index contributed by atoms with van der Waals surface area (Å²) in [6, 6.07) is 6.70. The van der Waals surface area contributed by atoms with Crippen LogP contribution in [0.5, 0.6) is 0 Å². The molecule has 9 nitrogen and oxygen atoms in total. The highest BCUT2D eigenvalue weighted by Gasteiger charge is 2.38. The molecule has 0 aromatic heterocycles. The number of hydrogen-bond donors (Lipinski definition) is 4. The lowest BCUT2D eigenvalue weighted by Gasteiger charge is -2.36. The normalized spacial score (nSPS) is 19.9. The summed E-state index contributed by atoms with van der Waals surface area (Å²) in [4.78, 5) is 49.2. The molecule has 3 atom stereocenters. The Morgan fingerprint density at radius 3 is 2.24 bits per heavy atom. The number of rotatable bonds is 10. The Labute approximate surface area is 196 Å². The van der Waals surface area contributed by atoms with Crippen molar-refractivity contribution < 1.29 is 23.6 Å². The molecule has 1 saturated heterocycles. The number of piperazine rings is 1. The van der Waals surface area contributed by atoms with Crippen LogP contribution in [0.25, 0.3) is 0 Å². The van der Waals surface area contributed by atoms with Gasteiger partial charge in [-0.1, -0.05) is 51.1 Å². The first kappa shape index (κ1) is 26.5. The van der Waals surface area contributed by atoms with Gasteiger partial charge in [0, 0.05) is 13.0 Å². The summed E-state index contributed by atoms with van der Waals surface area (Å²) in [5.41, 5.74) is 6.36. The average Bonchev–Trinajstić information content (AvgIpc) is 2.70. The molecule has 4 amide bonds. The summed E-state index contributed by atoms with van der Waals surface area (Å²) in [6.07, 6.45) is 0.299. The zero-order valence-electron chi connectivity index (χ0n) is 20.1. The summed E-state index contributed by atoms with van der Waals surface area (Å²) < 4.78 is 6.06. The van der Waals surface area contributed by atoms with Gasteiger partial charge in [0.25, 0.3) is 0 Å². The predicted octanol–water partition coefficient (Wildman–Crippen LogP) is 0.984. The van der Waals surface area contributed by atoms with Crippen LogP contribution in [0.15, 0.2) is 30.3 Å². The fourth-order valence-electron chi connectivity index (χ4n) is 3.19. The molecule has 0 unspecified atom stereocenters. The summed E-state index contributed by atoms with van der Waals surface area (Å²) in [5, 5.41) is 7.86. The molecule has 5 N–H and O–H groups in total. The third-order valence-electron chi connectivity index (χ3n) is 6.29. The van der Waals surface area contributed by atoms with Gasteiger partial charge in [0.05, 0.1) is 6.42 Å². The van der Waals surface area contributed by atoms with Crippen LogP contribution in [-0.2, 0) is 30.0 Å². The zero-order chi connectivity index (χ0) is 24.8. The van der Waals surface area contributed by atoms with Gasteiger partial charge in [0.2, 0.25) is 23.6 Å². The maximum Gasteiger partial charge on any atom is 0.243 e. The highest BCUT2D eigenvalue weighted by atomic mass is 28.4. The molecule has 0 bridgehead atoms. The van der Waals surface area contributed by atoms with Crippen molar-refractivity contribution in [3.05, 3.63) is 35.9 Å². The molecule has 0 radical (unpaired) electrons. The van der Waals surface area contributed by atoms with Crippen LogP contribution in [0.1, 0.15) is 39.2 Å². The lowest BCUT2D eigenvalue weighted by molar-refractivity contribution is -0.138. The number of benzene rings is 1. The first-order valence-electron chi connectivity index (χ1n) is 11.2. The van der Waals surface area contributed by atoms with Gasteiger partial charge in [-0.15, -0.1) is 0 Å². The van der Waals surface area contributed by atoms with Gasteiger partial charge in [0.1, 0.15) is 18.1 Å². The lowest BCUT2D eigenvalue weighted by atomic mass is 10.0. The van der Waals surface area contributed by atoms with E-state index in [0.717, 1.165) is 5.56 Å². The van der Waals surface area contributed by atoms with E-state index in [0.29, 0.717) is 6.42 Å². The number of nitrogens with two attached hydrogens (primary N) is 1. The van der Waals surface area contributed by atoms with Crippen molar-refractivity contribution >= 4 is 31.9 Å². The molecular weight excluding hydrogens is 440 g/mol. The van der Waals surface area contributed by atoms with E-state index in [1.807, 2.05) is 30.3 Å². The molecule has 1 aromatic carbocycles. The number of carbonyl (C=O) groups excluding carboxylic acids is 4. The molecule has 182 valence electrons. The second kappa shape index (κ2) is 10.9. The molecule has 2 rings (SSSR count). The van der Waals surface area contributed by atoms with Crippen LogP contribution in [0.4, 0.5) is 0 Å². The molecule has 0 aliphatic carbocycles. The van der Waals surface area contributed by atoms with E-state index < -0.39 is 44.2 Å². The van der Waals surface area contributed by atoms with Gasteiger partial charge in [-0.3, -0.25) is 19.2 Å². The van der Waals surface area contributed by atoms with Crippen molar-refractivity contribution in [2.75, 3.05) is 6.61 Å². The highest BCUT2D eigenvalue weighted by molar-refractivity contribution is 6.74. The van der Waals surface area contributed by atoms with Gasteiger partial charge < -0.3 is 26.1 Å². The van der Waals surface area contributed by atoms with Crippen molar-refractivity contribution in [2.45, 2.75) is 76.3 Å². The lowest BCUT2D eigenvalue weighted by Crippen LogP contribution is -2.63. The standard InChI is InChI=1S/C23H36N4O5Si/c1-23(2,3)33(4,5)32-12-11-16(20(24)29)25-19(28)14-18-22(31)26-17(21(30)27-18)13-15-9-7-6-8-10-15/h6-10,16-18H,11-14H2,1-5H3,(H2,24,29)(H,25,28)(H,26,31)(H,27,30)/t16-,17+,18+/m1/s1. The van der Waals surface area contributed by atoms with E-state index in [9.17, 15) is 19.2 Å². The van der Waals surface area contributed by atoms with Crippen LogP contribution in [0.3, 0.4) is 0 Å². The molecule has 1 aliphatic rings. The molecular formula is C23H36N4O5Si. The Hall–Kier alpha value is -2.72. The number of carbonyl (C=O) groups is 4. The Morgan fingerprint density at radius 1 is 1.09 bits per heavy atom. The SMILES string of the molecule is CC(C)(C)[Si](C)(C)OCC[C@@H](NC(=O)C[C@@H]1NC(=O)[C@H](Cc2ccccc2)NC1=O)C(N)=O. The summed E-state index contributed by atoms with van der Waals surface area (Å²) in [5.74, 6) is -2.02. The van der Waals surface area contributed by atoms with Crippen molar-refractivity contribution in [3.63, 3.8) is 0 Å². The molecule has 1 aromatic rings. The van der Waals surface area contributed by atoms with Crippen molar-refractivity contribution in [1.82, 2.24) is 16.0 Å². The van der Waals surface area contributed by atoms with Gasteiger partial charge in [-0.25, -0.2) is 0 Å². The first-order chi connectivity index (χ1) is 15.3. The average molecular weight is 477 g/mol. The summed E-state index contributed by atoms with van der Waals surface area (Å²) in [7, 11) is -2.00. The minimum Gasteiger partial charge on any atom is -0.417 e.